The number of nitrogens with two attached hydrogens (primary N) is 1. The lowest BCUT2D eigenvalue weighted by Crippen LogP contribution is -2.45. The molecule has 3 rings (SSSR count). The third-order valence-corrected chi connectivity index (χ3v) is 6.10. The third kappa shape index (κ3) is 5.02. The van der Waals surface area contributed by atoms with Crippen molar-refractivity contribution in [2.45, 2.75) is 30.9 Å². The number of piperazine rings is 1. The number of hydrogen-bond donors (Lipinski definition) is 1. The lowest BCUT2D eigenvalue weighted by Gasteiger charge is -2.34. The average molecular weight is 428 g/mol. The van der Waals surface area contributed by atoms with Crippen LogP contribution in [0.1, 0.15) is 30.0 Å². The number of alkyl halides is 4. The van der Waals surface area contributed by atoms with E-state index in [4.69, 9.17) is 17.3 Å². The van der Waals surface area contributed by atoms with Gasteiger partial charge in [0.15, 0.2) is 0 Å². The Hall–Kier alpha value is -1.83. The summed E-state index contributed by atoms with van der Waals surface area (Å²) >= 11 is 6.62. The Labute approximate surface area is 173 Å². The van der Waals surface area contributed by atoms with Crippen LogP contribution in [-0.4, -0.2) is 48.4 Å². The molecule has 1 unspecified atom stereocenters. The van der Waals surface area contributed by atoms with E-state index in [0.717, 1.165) is 38.8 Å². The van der Waals surface area contributed by atoms with Gasteiger partial charge in [-0.2, -0.15) is 13.2 Å². The molecule has 1 aromatic rings. The summed E-state index contributed by atoms with van der Waals surface area (Å²) in [6.45, 7) is 6.45. The number of nitrogens with zero attached hydrogens (tertiary/aromatic N) is 2. The molecular formula is C21H25ClF3N3O. The number of primary amides is 1. The smallest absolute Gasteiger partial charge is 0.366 e. The van der Waals surface area contributed by atoms with Crippen LogP contribution < -0.4 is 5.73 Å². The highest BCUT2D eigenvalue weighted by atomic mass is 35.5. The lowest BCUT2D eigenvalue weighted by atomic mass is 9.85. The van der Waals surface area contributed by atoms with Crippen LogP contribution in [0.25, 0.3) is 0 Å². The molecule has 2 aliphatic rings. The average Bonchev–Trinajstić information content (AvgIpc) is 2.68. The molecule has 1 aliphatic heterocycles. The van der Waals surface area contributed by atoms with Gasteiger partial charge in [-0.05, 0) is 23.7 Å². The highest BCUT2D eigenvalue weighted by molar-refractivity contribution is 6.26. The molecule has 8 heteroatoms. The number of carbonyl (C=O) groups is 1. The van der Waals surface area contributed by atoms with Crippen molar-refractivity contribution in [3.8, 4) is 0 Å². The number of hydrogen-bond acceptors (Lipinski definition) is 3. The molecule has 4 nitrogen and oxygen atoms in total. The number of rotatable bonds is 5. The van der Waals surface area contributed by atoms with Crippen molar-refractivity contribution in [3.63, 3.8) is 0 Å². The van der Waals surface area contributed by atoms with E-state index >= 15 is 0 Å². The SMILES string of the molecule is CCN1CCN(Cc2ccc(C3(Cl)C=CC=C(C(N)=O)C3)cc2C(F)(F)F)CC1. The minimum atomic E-state index is -4.50. The van der Waals surface area contributed by atoms with E-state index in [1.54, 1.807) is 18.2 Å². The van der Waals surface area contributed by atoms with E-state index in [1.165, 1.54) is 12.1 Å². The van der Waals surface area contributed by atoms with E-state index in [0.29, 0.717) is 5.56 Å². The van der Waals surface area contributed by atoms with Crippen molar-refractivity contribution < 1.29 is 18.0 Å². The van der Waals surface area contributed by atoms with E-state index in [2.05, 4.69) is 11.8 Å². The predicted molar refractivity (Wildman–Crippen MR) is 107 cm³/mol. The molecule has 0 bridgehead atoms. The Morgan fingerprint density at radius 1 is 1.21 bits per heavy atom. The summed E-state index contributed by atoms with van der Waals surface area (Å²) in [5.41, 5.74) is 5.46. The maximum absolute atomic E-state index is 13.8. The maximum Gasteiger partial charge on any atom is 0.416 e. The fraction of sp³-hybridized carbons (Fsp3) is 0.476. The van der Waals surface area contributed by atoms with Crippen molar-refractivity contribution in [1.82, 2.24) is 9.80 Å². The van der Waals surface area contributed by atoms with Crippen LogP contribution in [0.15, 0.2) is 42.0 Å². The summed E-state index contributed by atoms with van der Waals surface area (Å²) in [4.78, 5) is 14.6. The van der Waals surface area contributed by atoms with Gasteiger partial charge in [-0.3, -0.25) is 9.69 Å². The van der Waals surface area contributed by atoms with Crippen molar-refractivity contribution in [2.24, 2.45) is 5.73 Å². The highest BCUT2D eigenvalue weighted by Crippen LogP contribution is 2.42. The molecule has 0 radical (unpaired) electrons. The summed E-state index contributed by atoms with van der Waals surface area (Å²) < 4.78 is 41.5. The summed E-state index contributed by atoms with van der Waals surface area (Å²) in [7, 11) is 0. The monoisotopic (exact) mass is 427 g/mol. The van der Waals surface area contributed by atoms with Gasteiger partial charge in [0.05, 0.1) is 10.4 Å². The van der Waals surface area contributed by atoms with Gasteiger partial charge in [0.2, 0.25) is 5.91 Å². The lowest BCUT2D eigenvalue weighted by molar-refractivity contribution is -0.138. The van der Waals surface area contributed by atoms with E-state index in [-0.39, 0.29) is 24.1 Å². The normalized spacial score (nSPS) is 23.8. The molecule has 1 amide bonds. The molecule has 0 aromatic heterocycles. The van der Waals surface area contributed by atoms with Crippen LogP contribution in [0.4, 0.5) is 13.2 Å². The zero-order valence-electron chi connectivity index (χ0n) is 16.3. The molecule has 1 fully saturated rings. The van der Waals surface area contributed by atoms with Crippen LogP contribution in [0, 0.1) is 0 Å². The van der Waals surface area contributed by atoms with Crippen molar-refractivity contribution in [1.29, 1.82) is 0 Å². The molecule has 1 atom stereocenters. The highest BCUT2D eigenvalue weighted by Gasteiger charge is 2.37. The van der Waals surface area contributed by atoms with E-state index < -0.39 is 22.5 Å². The minimum absolute atomic E-state index is 0.0516. The largest absolute Gasteiger partial charge is 0.416 e. The molecule has 1 saturated heterocycles. The van der Waals surface area contributed by atoms with E-state index in [9.17, 15) is 18.0 Å². The number of amides is 1. The maximum atomic E-state index is 13.8. The second kappa shape index (κ2) is 8.50. The molecule has 1 aromatic carbocycles. The minimum Gasteiger partial charge on any atom is -0.366 e. The standard InChI is InChI=1S/C21H25ClF3N3O/c1-2-27-8-10-28(11-9-27)14-16-5-6-17(12-18(16)21(23,24)25)20(22)7-3-4-15(13-20)19(26)29/h3-7,12H,2,8-11,13-14H2,1H3,(H2,26,29). The second-order valence-electron chi connectivity index (χ2n) is 7.53. The van der Waals surface area contributed by atoms with Crippen molar-refractivity contribution >= 4 is 17.5 Å². The first kappa shape index (κ1) is 21.9. The van der Waals surface area contributed by atoms with Crippen LogP contribution in [-0.2, 0) is 22.4 Å². The fourth-order valence-electron chi connectivity index (χ4n) is 3.82. The second-order valence-corrected chi connectivity index (χ2v) is 8.21. The van der Waals surface area contributed by atoms with Gasteiger partial charge >= 0.3 is 6.18 Å². The quantitative estimate of drug-likeness (QED) is 0.730. The third-order valence-electron chi connectivity index (χ3n) is 5.62. The first-order valence-corrected chi connectivity index (χ1v) is 10.0. The summed E-state index contributed by atoms with van der Waals surface area (Å²) in [6.07, 6.45) is 0.254. The topological polar surface area (TPSA) is 49.6 Å². The number of halogens is 4. The van der Waals surface area contributed by atoms with Gasteiger partial charge in [0.1, 0.15) is 0 Å². The number of benzene rings is 1. The Balaban J connectivity index is 1.86. The number of likely N-dealkylation sites (N-methyl/N-ethyl adjacent to an activating group) is 1. The summed E-state index contributed by atoms with van der Waals surface area (Å²) in [5, 5.41) is 0. The van der Waals surface area contributed by atoms with Crippen LogP contribution >= 0.6 is 11.6 Å². The molecule has 29 heavy (non-hydrogen) atoms. The van der Waals surface area contributed by atoms with Gasteiger partial charge in [0.25, 0.3) is 0 Å². The van der Waals surface area contributed by atoms with Crippen molar-refractivity contribution in [2.75, 3.05) is 32.7 Å². The Morgan fingerprint density at radius 3 is 2.45 bits per heavy atom. The number of allylic oxidation sites excluding steroid dienone is 3. The van der Waals surface area contributed by atoms with Crippen LogP contribution in [0.3, 0.4) is 0 Å². The summed E-state index contributed by atoms with van der Waals surface area (Å²) in [6, 6.07) is 4.23. The predicted octanol–water partition coefficient (Wildman–Crippen LogP) is 3.65. The van der Waals surface area contributed by atoms with Gasteiger partial charge in [-0.25, -0.2) is 0 Å². The zero-order chi connectivity index (χ0) is 21.2. The molecule has 1 heterocycles. The Morgan fingerprint density at radius 2 is 1.86 bits per heavy atom. The van der Waals surface area contributed by atoms with E-state index in [1.807, 2.05) is 4.90 Å². The van der Waals surface area contributed by atoms with Gasteiger partial charge in [-0.15, -0.1) is 11.6 Å². The van der Waals surface area contributed by atoms with Gasteiger partial charge in [0, 0.05) is 44.7 Å². The Kier molecular flexibility index (Phi) is 6.41. The molecule has 1 aliphatic carbocycles. The Bertz CT molecular complexity index is 829. The van der Waals surface area contributed by atoms with Crippen molar-refractivity contribution in [3.05, 3.63) is 58.7 Å². The number of carbonyl (C=O) groups excluding carboxylic acids is 1. The molecular weight excluding hydrogens is 403 g/mol. The molecule has 158 valence electrons. The molecule has 2 N–H and O–H groups in total. The van der Waals surface area contributed by atoms with Crippen LogP contribution in [0.2, 0.25) is 0 Å². The molecule has 0 spiro atoms. The first-order chi connectivity index (χ1) is 13.6. The van der Waals surface area contributed by atoms with Gasteiger partial charge in [-0.1, -0.05) is 37.3 Å². The van der Waals surface area contributed by atoms with Gasteiger partial charge < -0.3 is 10.6 Å². The first-order valence-electron chi connectivity index (χ1n) is 9.65. The zero-order valence-corrected chi connectivity index (χ0v) is 17.1. The van der Waals surface area contributed by atoms with Crippen LogP contribution in [0.5, 0.6) is 0 Å². The molecule has 0 saturated carbocycles. The summed E-state index contributed by atoms with van der Waals surface area (Å²) in [5.74, 6) is -0.627. The fourth-order valence-corrected chi connectivity index (χ4v) is 4.15.